The zero-order valence-corrected chi connectivity index (χ0v) is 15.9. The minimum atomic E-state index is -3.58. The maximum absolute atomic E-state index is 12.7. The van der Waals surface area contributed by atoms with Gasteiger partial charge in [-0.1, -0.05) is 44.2 Å². The molecule has 0 saturated heterocycles. The van der Waals surface area contributed by atoms with E-state index in [4.69, 9.17) is 0 Å². The van der Waals surface area contributed by atoms with Crippen LogP contribution in [0.3, 0.4) is 0 Å². The maximum Gasteiger partial charge on any atom is 0.251 e. The van der Waals surface area contributed by atoms with Gasteiger partial charge in [-0.3, -0.25) is 4.79 Å². The fourth-order valence-electron chi connectivity index (χ4n) is 3.46. The second-order valence-corrected chi connectivity index (χ2v) is 8.32. The van der Waals surface area contributed by atoms with Crippen LogP contribution in [0.2, 0.25) is 0 Å². The Morgan fingerprint density at radius 1 is 1.12 bits per heavy atom. The molecule has 2 aromatic carbocycles. The minimum Gasteiger partial charge on any atom is -0.345 e. The van der Waals surface area contributed by atoms with Gasteiger partial charge in [0.25, 0.3) is 5.91 Å². The highest BCUT2D eigenvalue weighted by Gasteiger charge is 2.25. The molecule has 0 bridgehead atoms. The third-order valence-electron chi connectivity index (χ3n) is 4.88. The van der Waals surface area contributed by atoms with Crippen molar-refractivity contribution < 1.29 is 13.2 Å². The van der Waals surface area contributed by atoms with Crippen molar-refractivity contribution in [2.75, 3.05) is 13.1 Å². The van der Waals surface area contributed by atoms with Gasteiger partial charge < -0.3 is 5.32 Å². The summed E-state index contributed by atoms with van der Waals surface area (Å²) in [4.78, 5) is 12.8. The van der Waals surface area contributed by atoms with Gasteiger partial charge in [-0.2, -0.15) is 4.31 Å². The van der Waals surface area contributed by atoms with Crippen molar-refractivity contribution in [2.45, 2.75) is 37.6 Å². The van der Waals surface area contributed by atoms with Crippen molar-refractivity contribution in [3.63, 3.8) is 0 Å². The van der Waals surface area contributed by atoms with E-state index in [-0.39, 0.29) is 16.8 Å². The lowest BCUT2D eigenvalue weighted by molar-refractivity contribution is 0.0936. The Morgan fingerprint density at radius 2 is 1.85 bits per heavy atom. The van der Waals surface area contributed by atoms with Crippen molar-refractivity contribution >= 4 is 15.9 Å². The van der Waals surface area contributed by atoms with Crippen LogP contribution in [-0.2, 0) is 16.4 Å². The van der Waals surface area contributed by atoms with Crippen molar-refractivity contribution in [3.05, 3.63) is 65.2 Å². The molecular formula is C20H24N2O3S. The molecule has 2 aromatic rings. The number of fused-ring (bicyclic) bond motifs is 1. The molecule has 1 amide bonds. The van der Waals surface area contributed by atoms with E-state index in [0.717, 1.165) is 18.4 Å². The molecule has 0 unspecified atom stereocenters. The molecule has 138 valence electrons. The van der Waals surface area contributed by atoms with E-state index in [1.807, 2.05) is 18.2 Å². The van der Waals surface area contributed by atoms with Gasteiger partial charge in [0.05, 0.1) is 10.9 Å². The van der Waals surface area contributed by atoms with Crippen molar-refractivity contribution in [3.8, 4) is 0 Å². The predicted molar refractivity (Wildman–Crippen MR) is 102 cm³/mol. The van der Waals surface area contributed by atoms with E-state index in [1.165, 1.54) is 22.0 Å². The summed E-state index contributed by atoms with van der Waals surface area (Å²) in [5, 5.41) is 3.04. The first kappa shape index (κ1) is 18.6. The molecular weight excluding hydrogens is 348 g/mol. The quantitative estimate of drug-likeness (QED) is 0.847. The number of sulfonamides is 1. The molecule has 1 N–H and O–H groups in total. The number of nitrogens with one attached hydrogen (secondary N) is 1. The molecule has 1 aliphatic rings. The fourth-order valence-corrected chi connectivity index (χ4v) is 4.96. The molecule has 0 saturated carbocycles. The van der Waals surface area contributed by atoms with Crippen molar-refractivity contribution in [1.29, 1.82) is 0 Å². The molecule has 1 aliphatic carbocycles. The summed E-state index contributed by atoms with van der Waals surface area (Å²) in [5.74, 6) is -0.247. The highest BCUT2D eigenvalue weighted by Crippen LogP contribution is 2.31. The summed E-state index contributed by atoms with van der Waals surface area (Å²) < 4.78 is 26.7. The highest BCUT2D eigenvalue weighted by atomic mass is 32.2. The zero-order valence-electron chi connectivity index (χ0n) is 15.1. The van der Waals surface area contributed by atoms with Crippen LogP contribution in [0.25, 0.3) is 0 Å². The van der Waals surface area contributed by atoms with Crippen LogP contribution in [0, 0.1) is 0 Å². The van der Waals surface area contributed by atoms with Crippen LogP contribution >= 0.6 is 0 Å². The molecule has 1 atom stereocenters. The van der Waals surface area contributed by atoms with Crippen LogP contribution < -0.4 is 5.32 Å². The first-order chi connectivity index (χ1) is 12.5. The Morgan fingerprint density at radius 3 is 2.58 bits per heavy atom. The second kappa shape index (κ2) is 7.60. The standard InChI is InChI=1S/C20H24N2O3S/c1-3-22(4-2)26(24,25)17-10-7-9-16(14-17)20(23)21-19-13-12-15-8-5-6-11-18(15)19/h5-11,14,19H,3-4,12-13H2,1-2H3,(H,21,23)/t19-/m1/s1. The molecule has 0 fully saturated rings. The van der Waals surface area contributed by atoms with Gasteiger partial charge in [-0.15, -0.1) is 0 Å². The van der Waals surface area contributed by atoms with Gasteiger partial charge in [0.1, 0.15) is 0 Å². The number of hydrogen-bond acceptors (Lipinski definition) is 3. The smallest absolute Gasteiger partial charge is 0.251 e. The number of aryl methyl sites for hydroxylation is 1. The van der Waals surface area contributed by atoms with E-state index >= 15 is 0 Å². The summed E-state index contributed by atoms with van der Waals surface area (Å²) in [6.07, 6.45) is 1.81. The summed E-state index contributed by atoms with van der Waals surface area (Å²) in [7, 11) is -3.58. The van der Waals surface area contributed by atoms with E-state index < -0.39 is 10.0 Å². The van der Waals surface area contributed by atoms with Crippen LogP contribution in [0.1, 0.15) is 47.8 Å². The van der Waals surface area contributed by atoms with E-state index in [0.29, 0.717) is 18.7 Å². The van der Waals surface area contributed by atoms with Crippen LogP contribution in [-0.4, -0.2) is 31.7 Å². The number of hydrogen-bond donors (Lipinski definition) is 1. The molecule has 0 heterocycles. The Hall–Kier alpha value is -2.18. The van der Waals surface area contributed by atoms with Gasteiger partial charge in [-0.05, 0) is 42.2 Å². The molecule has 3 rings (SSSR count). The number of carbonyl (C=O) groups is 1. The summed E-state index contributed by atoms with van der Waals surface area (Å²) in [5.41, 5.74) is 2.77. The average molecular weight is 372 g/mol. The van der Waals surface area contributed by atoms with Gasteiger partial charge >= 0.3 is 0 Å². The summed E-state index contributed by atoms with van der Waals surface area (Å²) in [6.45, 7) is 4.40. The van der Waals surface area contributed by atoms with Crippen molar-refractivity contribution in [2.24, 2.45) is 0 Å². The molecule has 26 heavy (non-hydrogen) atoms. The number of nitrogens with zero attached hydrogens (tertiary/aromatic N) is 1. The van der Waals surface area contributed by atoms with E-state index in [2.05, 4.69) is 11.4 Å². The number of benzene rings is 2. The second-order valence-electron chi connectivity index (χ2n) is 6.38. The lowest BCUT2D eigenvalue weighted by Crippen LogP contribution is -2.31. The third kappa shape index (κ3) is 3.52. The SMILES string of the molecule is CCN(CC)S(=O)(=O)c1cccc(C(=O)N[C@@H]2CCc3ccccc32)c1. The first-order valence-electron chi connectivity index (χ1n) is 8.96. The highest BCUT2D eigenvalue weighted by molar-refractivity contribution is 7.89. The Labute approximate surface area is 155 Å². The molecule has 0 spiro atoms. The monoisotopic (exact) mass is 372 g/mol. The maximum atomic E-state index is 12.7. The zero-order chi connectivity index (χ0) is 18.7. The molecule has 5 nitrogen and oxygen atoms in total. The molecule has 0 aliphatic heterocycles. The summed E-state index contributed by atoms with van der Waals surface area (Å²) >= 11 is 0. The van der Waals surface area contributed by atoms with Crippen LogP contribution in [0.15, 0.2) is 53.4 Å². The van der Waals surface area contributed by atoms with Gasteiger partial charge in [0.2, 0.25) is 10.0 Å². The number of carbonyl (C=O) groups excluding carboxylic acids is 1. The Bertz CT molecular complexity index is 905. The van der Waals surface area contributed by atoms with Gasteiger partial charge in [0.15, 0.2) is 0 Å². The molecule has 0 aromatic heterocycles. The minimum absolute atomic E-state index is 0.0262. The van der Waals surface area contributed by atoms with Crippen molar-refractivity contribution in [1.82, 2.24) is 9.62 Å². The number of rotatable bonds is 6. The lowest BCUT2D eigenvalue weighted by atomic mass is 10.1. The first-order valence-corrected chi connectivity index (χ1v) is 10.4. The Balaban J connectivity index is 1.82. The van der Waals surface area contributed by atoms with Gasteiger partial charge in [0, 0.05) is 18.7 Å². The largest absolute Gasteiger partial charge is 0.345 e. The van der Waals surface area contributed by atoms with Crippen LogP contribution in [0.5, 0.6) is 0 Å². The predicted octanol–water partition coefficient (Wildman–Crippen LogP) is 3.13. The fraction of sp³-hybridized carbons (Fsp3) is 0.350. The topological polar surface area (TPSA) is 66.5 Å². The molecule has 6 heteroatoms. The lowest BCUT2D eigenvalue weighted by Gasteiger charge is -2.19. The normalized spacial score (nSPS) is 16.5. The van der Waals surface area contributed by atoms with E-state index in [9.17, 15) is 13.2 Å². The van der Waals surface area contributed by atoms with Crippen LogP contribution in [0.4, 0.5) is 0 Å². The van der Waals surface area contributed by atoms with E-state index in [1.54, 1.807) is 26.0 Å². The summed E-state index contributed by atoms with van der Waals surface area (Å²) in [6, 6.07) is 14.3. The average Bonchev–Trinajstić information content (AvgIpc) is 3.05. The van der Waals surface area contributed by atoms with Gasteiger partial charge in [-0.25, -0.2) is 8.42 Å². The third-order valence-corrected chi connectivity index (χ3v) is 6.92. The molecule has 0 radical (unpaired) electrons. The Kier molecular flexibility index (Phi) is 5.44. The number of amides is 1.